The van der Waals surface area contributed by atoms with E-state index in [1.807, 2.05) is 21.1 Å². The van der Waals surface area contributed by atoms with Gasteiger partial charge in [0.1, 0.15) is 12.8 Å². The van der Waals surface area contributed by atoms with E-state index < -0.39 is 45.4 Å². The van der Waals surface area contributed by atoms with E-state index >= 15 is 0 Å². The van der Waals surface area contributed by atoms with E-state index in [2.05, 4.69) is 5.32 Å². The Labute approximate surface area is 193 Å². The summed E-state index contributed by atoms with van der Waals surface area (Å²) in [5.74, 6) is -1.39. The molecule has 0 aliphatic heterocycles. The first kappa shape index (κ1) is 27.6. The molecule has 0 bridgehead atoms. The smallest absolute Gasteiger partial charge is 0.306 e. The predicted octanol–water partition coefficient (Wildman–Crippen LogP) is 2.81. The number of benzene rings is 1. The van der Waals surface area contributed by atoms with Crippen LogP contribution in [0.25, 0.3) is 0 Å². The molecule has 0 fully saturated rings. The number of esters is 1. The molecule has 1 aromatic carbocycles. The molecule has 7 nitrogen and oxygen atoms in total. The minimum Gasteiger partial charge on any atom is -0.455 e. The number of nitrogens with one attached hydrogen (secondary N) is 1. The highest BCUT2D eigenvalue weighted by atomic mass is 35.5. The van der Waals surface area contributed by atoms with E-state index in [1.165, 1.54) is 24.3 Å². The van der Waals surface area contributed by atoms with Crippen molar-refractivity contribution in [3.8, 4) is 0 Å². The van der Waals surface area contributed by atoms with E-state index in [0.717, 1.165) is 23.7 Å². The van der Waals surface area contributed by atoms with Crippen LogP contribution in [0.2, 0.25) is 0 Å². The number of rotatable bonds is 12. The Hall–Kier alpha value is -1.42. The van der Waals surface area contributed by atoms with Gasteiger partial charge in [0.2, 0.25) is 0 Å². The molecule has 31 heavy (non-hydrogen) atoms. The van der Waals surface area contributed by atoms with Crippen LogP contribution in [0.15, 0.2) is 29.2 Å². The van der Waals surface area contributed by atoms with Crippen LogP contribution in [-0.4, -0.2) is 76.3 Å². The minimum atomic E-state index is -3.44. The number of hydrogen-bond acceptors (Lipinski definition) is 5. The monoisotopic (exact) mass is 499 g/mol. The number of carbonyl (C=O) groups is 2. The summed E-state index contributed by atoms with van der Waals surface area (Å²) in [7, 11) is 2.70. The number of sulfone groups is 1. The summed E-state index contributed by atoms with van der Waals surface area (Å²) in [6, 6.07) is 4.25. The first-order chi connectivity index (χ1) is 14.2. The highest BCUT2D eigenvalue weighted by molar-refractivity contribution is 7.90. The molecule has 0 unspecified atom stereocenters. The molecule has 1 N–H and O–H groups in total. The summed E-state index contributed by atoms with van der Waals surface area (Å²) < 4.78 is 43.4. The molecule has 1 amide bonds. The first-order valence-corrected chi connectivity index (χ1v) is 12.5. The van der Waals surface area contributed by atoms with Crippen molar-refractivity contribution in [2.24, 2.45) is 0 Å². The summed E-state index contributed by atoms with van der Waals surface area (Å²) in [6.07, 6.45) is 1.39. The molecule has 1 rings (SSSR count). The van der Waals surface area contributed by atoms with Gasteiger partial charge in [-0.15, -0.1) is 0 Å². The molecule has 0 aliphatic rings. The van der Waals surface area contributed by atoms with Crippen molar-refractivity contribution in [2.45, 2.75) is 41.1 Å². The molecule has 0 radical (unpaired) electrons. The van der Waals surface area contributed by atoms with Gasteiger partial charge in [-0.05, 0) is 30.5 Å². The fourth-order valence-corrected chi connectivity index (χ4v) is 3.54. The Morgan fingerprint density at radius 3 is 2.16 bits per heavy atom. The largest absolute Gasteiger partial charge is 0.455 e. The molecule has 0 aliphatic carbocycles. The Balaban J connectivity index is 3.01. The third kappa shape index (κ3) is 10.2. The summed E-state index contributed by atoms with van der Waals surface area (Å²) in [6.45, 7) is -0.181. The number of ether oxygens (including phenoxy) is 1. The third-order valence-electron chi connectivity index (χ3n) is 4.41. The SMILES string of the molecule is C[N+](C)(C)CCCCC(=O)O[C@H](c1ccc(S(C)(=O)=O)cc1)[C@@H](CF)NC(=O)C(Cl)Cl. The van der Waals surface area contributed by atoms with Gasteiger partial charge in [-0.2, -0.15) is 0 Å². The van der Waals surface area contributed by atoms with Gasteiger partial charge in [0.25, 0.3) is 5.91 Å². The number of carbonyl (C=O) groups excluding carboxylic acids is 2. The highest BCUT2D eigenvalue weighted by Gasteiger charge is 2.30. The summed E-state index contributed by atoms with van der Waals surface area (Å²) in [4.78, 5) is 22.9. The van der Waals surface area contributed by atoms with Crippen LogP contribution in [0, 0.1) is 0 Å². The topological polar surface area (TPSA) is 89.5 Å². The number of halogens is 3. The van der Waals surface area contributed by atoms with Gasteiger partial charge in [0, 0.05) is 12.7 Å². The Bertz CT molecular complexity index is 842. The van der Waals surface area contributed by atoms with Crippen molar-refractivity contribution in [3.63, 3.8) is 0 Å². The van der Waals surface area contributed by atoms with E-state index in [-0.39, 0.29) is 11.3 Å². The molecule has 11 heteroatoms. The van der Waals surface area contributed by atoms with Gasteiger partial charge in [-0.1, -0.05) is 35.3 Å². The first-order valence-electron chi connectivity index (χ1n) is 9.69. The molecule has 0 heterocycles. The number of hydrogen-bond donors (Lipinski definition) is 1. The third-order valence-corrected chi connectivity index (χ3v) is 5.94. The van der Waals surface area contributed by atoms with E-state index in [1.54, 1.807) is 0 Å². The lowest BCUT2D eigenvalue weighted by atomic mass is 10.0. The van der Waals surface area contributed by atoms with Crippen molar-refractivity contribution in [2.75, 3.05) is 40.6 Å². The van der Waals surface area contributed by atoms with Crippen LogP contribution < -0.4 is 5.32 Å². The molecule has 0 saturated carbocycles. The van der Waals surface area contributed by atoms with Gasteiger partial charge in [0.05, 0.1) is 38.6 Å². The van der Waals surface area contributed by atoms with Crippen LogP contribution in [0.5, 0.6) is 0 Å². The van der Waals surface area contributed by atoms with Crippen LogP contribution in [0.4, 0.5) is 4.39 Å². The molecule has 0 saturated heterocycles. The highest BCUT2D eigenvalue weighted by Crippen LogP contribution is 2.25. The maximum absolute atomic E-state index is 13.8. The van der Waals surface area contributed by atoms with Gasteiger partial charge in [-0.3, -0.25) is 9.59 Å². The van der Waals surface area contributed by atoms with E-state index in [0.29, 0.717) is 12.0 Å². The van der Waals surface area contributed by atoms with Gasteiger partial charge in [0.15, 0.2) is 14.7 Å². The lowest BCUT2D eigenvalue weighted by Crippen LogP contribution is -2.44. The quantitative estimate of drug-likeness (QED) is 0.206. The second kappa shape index (κ2) is 12.0. The van der Waals surface area contributed by atoms with Crippen LogP contribution >= 0.6 is 23.2 Å². The van der Waals surface area contributed by atoms with Crippen LogP contribution in [0.1, 0.15) is 30.9 Å². The average Bonchev–Trinajstić information content (AvgIpc) is 2.66. The Morgan fingerprint density at radius 1 is 1.13 bits per heavy atom. The van der Waals surface area contributed by atoms with E-state index in [4.69, 9.17) is 27.9 Å². The molecule has 0 aromatic heterocycles. The molecule has 176 valence electrons. The molecular weight excluding hydrogens is 470 g/mol. The maximum atomic E-state index is 13.8. The average molecular weight is 500 g/mol. The lowest BCUT2D eigenvalue weighted by molar-refractivity contribution is -0.870. The zero-order valence-electron chi connectivity index (χ0n) is 18.1. The summed E-state index contributed by atoms with van der Waals surface area (Å²) >= 11 is 11.1. The lowest BCUT2D eigenvalue weighted by Gasteiger charge is -2.27. The van der Waals surface area contributed by atoms with Crippen LogP contribution in [-0.2, 0) is 24.2 Å². The zero-order chi connectivity index (χ0) is 23.8. The molecule has 2 atom stereocenters. The van der Waals surface area contributed by atoms with Gasteiger partial charge < -0.3 is 14.5 Å². The molecule has 1 aromatic rings. The fourth-order valence-electron chi connectivity index (χ4n) is 2.78. The molecular formula is C20H30Cl2FN2O5S+. The summed E-state index contributed by atoms with van der Waals surface area (Å²) in [5, 5.41) is 2.33. The predicted molar refractivity (Wildman–Crippen MR) is 119 cm³/mol. The Morgan fingerprint density at radius 2 is 1.71 bits per heavy atom. The van der Waals surface area contributed by atoms with Crippen molar-refractivity contribution < 1.29 is 31.6 Å². The number of quaternary nitrogens is 1. The molecule has 0 spiro atoms. The van der Waals surface area contributed by atoms with Crippen molar-refractivity contribution in [3.05, 3.63) is 29.8 Å². The van der Waals surface area contributed by atoms with Crippen molar-refractivity contribution >= 4 is 44.9 Å². The van der Waals surface area contributed by atoms with Gasteiger partial charge >= 0.3 is 5.97 Å². The van der Waals surface area contributed by atoms with Crippen LogP contribution in [0.3, 0.4) is 0 Å². The minimum absolute atomic E-state index is 0.0593. The summed E-state index contributed by atoms with van der Waals surface area (Å²) in [5.41, 5.74) is 0.329. The number of unbranched alkanes of at least 4 members (excludes halogenated alkanes) is 1. The number of nitrogens with zero attached hydrogens (tertiary/aromatic N) is 1. The van der Waals surface area contributed by atoms with Gasteiger partial charge in [-0.25, -0.2) is 12.8 Å². The standard InChI is InChI=1S/C20H29Cl2FN2O5S/c1-25(2,3)12-6-5-7-17(26)30-18(16(13-23)24-20(27)19(21)22)14-8-10-15(11-9-14)31(4,28)29/h8-11,16,18-19H,5-7,12-13H2,1-4H3/p+1/t16-,18-/m1/s1. The van der Waals surface area contributed by atoms with E-state index in [9.17, 15) is 22.4 Å². The second-order valence-corrected chi connectivity index (χ2v) is 11.4. The van der Waals surface area contributed by atoms with Crippen molar-refractivity contribution in [1.29, 1.82) is 0 Å². The number of alkyl halides is 3. The number of amides is 1. The van der Waals surface area contributed by atoms with Crippen molar-refractivity contribution in [1.82, 2.24) is 5.32 Å². The second-order valence-electron chi connectivity index (χ2n) is 8.29. The maximum Gasteiger partial charge on any atom is 0.306 e. The zero-order valence-corrected chi connectivity index (χ0v) is 20.4. The normalized spacial score (nSPS) is 14.2. The fraction of sp³-hybridized carbons (Fsp3) is 0.600. The Kier molecular flexibility index (Phi) is 10.7.